The van der Waals surface area contributed by atoms with Gasteiger partial charge >= 0.3 is 6.09 Å². The Morgan fingerprint density at radius 3 is 2.81 bits per heavy atom. The number of ether oxygens (including phenoxy) is 1. The molecule has 0 aromatic carbocycles. The van der Waals surface area contributed by atoms with E-state index in [0.29, 0.717) is 6.54 Å². The average molecular weight is 359 g/mol. The van der Waals surface area contributed by atoms with Gasteiger partial charge in [-0.1, -0.05) is 13.8 Å². The number of amides is 2. The molecule has 1 aliphatic heterocycles. The van der Waals surface area contributed by atoms with E-state index in [-0.39, 0.29) is 17.9 Å². The predicted octanol–water partition coefficient (Wildman–Crippen LogP) is 1.96. The monoisotopic (exact) mass is 358 g/mol. The van der Waals surface area contributed by atoms with Gasteiger partial charge < -0.3 is 20.4 Å². The van der Waals surface area contributed by atoms with E-state index in [1.165, 1.54) is 0 Å². The molecule has 1 aliphatic rings. The fourth-order valence-corrected chi connectivity index (χ4v) is 2.86. The number of aromatic nitrogens is 2. The molecule has 7 nitrogen and oxygen atoms in total. The second kappa shape index (κ2) is 6.46. The number of carbonyl (C=O) groups excluding carboxylic acids is 2. The van der Waals surface area contributed by atoms with E-state index >= 15 is 0 Å². The van der Waals surface area contributed by atoms with Crippen LogP contribution in [0.25, 0.3) is 0 Å². The maximum Gasteiger partial charge on any atom is 0.405 e. The smallest absolute Gasteiger partial charge is 0.405 e. The van der Waals surface area contributed by atoms with Crippen molar-refractivity contribution in [3.63, 3.8) is 0 Å². The van der Waals surface area contributed by atoms with Crippen LogP contribution in [0.5, 0.6) is 0 Å². The molecule has 116 valence electrons. The van der Waals surface area contributed by atoms with Crippen LogP contribution in [0.4, 0.5) is 4.79 Å². The van der Waals surface area contributed by atoms with Gasteiger partial charge in [0.05, 0.1) is 12.2 Å². The molecule has 0 saturated carbocycles. The van der Waals surface area contributed by atoms with E-state index in [1.807, 2.05) is 13.8 Å². The first-order valence-electron chi connectivity index (χ1n) is 6.87. The summed E-state index contributed by atoms with van der Waals surface area (Å²) in [6, 6.07) is -0.124. The fourth-order valence-electron chi connectivity index (χ4n) is 2.56. The van der Waals surface area contributed by atoms with Gasteiger partial charge in [-0.3, -0.25) is 4.79 Å². The molecule has 2 atom stereocenters. The lowest BCUT2D eigenvalue weighted by Crippen LogP contribution is -2.44. The van der Waals surface area contributed by atoms with Gasteiger partial charge in [0.1, 0.15) is 10.4 Å². The number of nitrogens with zero attached hydrogens (tertiary/aromatic N) is 2. The van der Waals surface area contributed by atoms with Crippen molar-refractivity contribution in [1.82, 2.24) is 14.9 Å². The minimum absolute atomic E-state index is 0.124. The first-order chi connectivity index (χ1) is 9.90. The van der Waals surface area contributed by atoms with E-state index in [4.69, 9.17) is 10.5 Å². The average Bonchev–Trinajstić information content (AvgIpc) is 3.02. The van der Waals surface area contributed by atoms with Crippen molar-refractivity contribution in [1.29, 1.82) is 0 Å². The number of likely N-dealkylation sites (tertiary alicyclic amines) is 1. The largest absolute Gasteiger partial charge is 0.436 e. The van der Waals surface area contributed by atoms with Gasteiger partial charge in [-0.05, 0) is 34.7 Å². The number of aromatic amines is 1. The highest BCUT2D eigenvalue weighted by Gasteiger charge is 2.38. The van der Waals surface area contributed by atoms with Crippen LogP contribution >= 0.6 is 15.9 Å². The van der Waals surface area contributed by atoms with Gasteiger partial charge in [0, 0.05) is 6.54 Å². The summed E-state index contributed by atoms with van der Waals surface area (Å²) in [5.41, 5.74) is 5.06. The van der Waals surface area contributed by atoms with Crippen molar-refractivity contribution in [2.45, 2.75) is 38.8 Å². The third kappa shape index (κ3) is 3.55. The second-order valence-electron chi connectivity index (χ2n) is 5.41. The van der Waals surface area contributed by atoms with Crippen LogP contribution in [0.2, 0.25) is 0 Å². The van der Waals surface area contributed by atoms with Crippen LogP contribution in [0.15, 0.2) is 10.8 Å². The fraction of sp³-hybridized carbons (Fsp3) is 0.615. The zero-order valence-electron chi connectivity index (χ0n) is 12.0. The predicted molar refractivity (Wildman–Crippen MR) is 79.3 cm³/mol. The summed E-state index contributed by atoms with van der Waals surface area (Å²) >= 11 is 3.31. The van der Waals surface area contributed by atoms with Gasteiger partial charge in [0.15, 0.2) is 6.10 Å². The molecule has 3 N–H and O–H groups in total. The van der Waals surface area contributed by atoms with Gasteiger partial charge in [0.2, 0.25) is 0 Å². The van der Waals surface area contributed by atoms with E-state index < -0.39 is 12.2 Å². The molecule has 1 aromatic heterocycles. The lowest BCUT2D eigenvalue weighted by Gasteiger charge is -2.29. The number of rotatable bonds is 4. The Morgan fingerprint density at radius 2 is 2.29 bits per heavy atom. The summed E-state index contributed by atoms with van der Waals surface area (Å²) in [6.45, 7) is 4.26. The van der Waals surface area contributed by atoms with E-state index in [0.717, 1.165) is 23.3 Å². The van der Waals surface area contributed by atoms with Crippen LogP contribution in [0.1, 0.15) is 38.6 Å². The van der Waals surface area contributed by atoms with Crippen LogP contribution < -0.4 is 5.73 Å². The molecule has 2 heterocycles. The van der Waals surface area contributed by atoms with Crippen LogP contribution in [0, 0.1) is 5.92 Å². The van der Waals surface area contributed by atoms with Crippen molar-refractivity contribution < 1.29 is 14.3 Å². The SMILES string of the molecule is CC(C)[C@H](OC(N)=O)C(=O)N1CCC[C@H]1c1ncc(Br)[nH]1. The Kier molecular flexibility index (Phi) is 4.87. The lowest BCUT2D eigenvalue weighted by atomic mass is 10.1. The molecule has 1 fully saturated rings. The Morgan fingerprint density at radius 1 is 1.57 bits per heavy atom. The minimum Gasteiger partial charge on any atom is -0.436 e. The molecule has 1 aromatic rings. The minimum atomic E-state index is -0.932. The van der Waals surface area contributed by atoms with Gasteiger partial charge in [0.25, 0.3) is 5.91 Å². The number of hydrogen-bond donors (Lipinski definition) is 2. The quantitative estimate of drug-likeness (QED) is 0.858. The van der Waals surface area contributed by atoms with E-state index in [9.17, 15) is 9.59 Å². The third-order valence-electron chi connectivity index (χ3n) is 3.51. The summed E-state index contributed by atoms with van der Waals surface area (Å²) in [6.07, 6.45) is 1.58. The lowest BCUT2D eigenvalue weighted by molar-refractivity contribution is -0.143. The Labute approximate surface area is 131 Å². The second-order valence-corrected chi connectivity index (χ2v) is 6.26. The molecule has 0 unspecified atom stereocenters. The number of carbonyl (C=O) groups is 2. The van der Waals surface area contributed by atoms with Gasteiger partial charge in [-0.15, -0.1) is 0 Å². The molecule has 0 spiro atoms. The number of hydrogen-bond acceptors (Lipinski definition) is 4. The zero-order chi connectivity index (χ0) is 15.6. The summed E-state index contributed by atoms with van der Waals surface area (Å²) < 4.78 is 5.75. The number of H-pyrrole nitrogens is 1. The standard InChI is InChI=1S/C13H19BrN4O3/c1-7(2)10(21-13(15)20)12(19)18-5-3-4-8(18)11-16-6-9(14)17-11/h6-8,10H,3-5H2,1-2H3,(H2,15,20)(H,16,17)/t8-,10-/m0/s1. The molecule has 1 saturated heterocycles. The van der Waals surface area contributed by atoms with Crippen LogP contribution in [0.3, 0.4) is 0 Å². The van der Waals surface area contributed by atoms with Crippen molar-refractivity contribution in [2.24, 2.45) is 11.7 Å². The summed E-state index contributed by atoms with van der Waals surface area (Å²) in [5.74, 6) is 0.364. The normalized spacial score (nSPS) is 19.8. The number of nitrogens with one attached hydrogen (secondary N) is 1. The highest BCUT2D eigenvalue weighted by atomic mass is 79.9. The highest BCUT2D eigenvalue weighted by molar-refractivity contribution is 9.10. The number of halogens is 1. The molecule has 8 heteroatoms. The summed E-state index contributed by atoms with van der Waals surface area (Å²) in [4.78, 5) is 32.7. The first-order valence-corrected chi connectivity index (χ1v) is 7.66. The summed E-state index contributed by atoms with van der Waals surface area (Å²) in [5, 5.41) is 0. The summed E-state index contributed by atoms with van der Waals surface area (Å²) in [7, 11) is 0. The topological polar surface area (TPSA) is 101 Å². The molecule has 0 aliphatic carbocycles. The molecule has 0 radical (unpaired) electrons. The maximum atomic E-state index is 12.7. The number of nitrogens with two attached hydrogens (primary N) is 1. The highest BCUT2D eigenvalue weighted by Crippen LogP contribution is 2.32. The molecule has 2 amide bonds. The Hall–Kier alpha value is -1.57. The molecule has 2 rings (SSSR count). The molecule has 0 bridgehead atoms. The van der Waals surface area contributed by atoms with E-state index in [1.54, 1.807) is 11.1 Å². The maximum absolute atomic E-state index is 12.7. The third-order valence-corrected chi connectivity index (χ3v) is 3.91. The van der Waals surface area contributed by atoms with Crippen molar-refractivity contribution >= 4 is 27.9 Å². The van der Waals surface area contributed by atoms with Crippen LogP contribution in [-0.4, -0.2) is 39.5 Å². The van der Waals surface area contributed by atoms with Gasteiger partial charge in [-0.25, -0.2) is 9.78 Å². The molecule has 21 heavy (non-hydrogen) atoms. The van der Waals surface area contributed by atoms with Crippen molar-refractivity contribution in [2.75, 3.05) is 6.54 Å². The number of imidazole rings is 1. The zero-order valence-corrected chi connectivity index (χ0v) is 13.6. The Balaban J connectivity index is 2.17. The molecular formula is C13H19BrN4O3. The van der Waals surface area contributed by atoms with Crippen molar-refractivity contribution in [3.05, 3.63) is 16.6 Å². The van der Waals surface area contributed by atoms with Crippen LogP contribution in [-0.2, 0) is 9.53 Å². The number of primary amides is 1. The van der Waals surface area contributed by atoms with E-state index in [2.05, 4.69) is 25.9 Å². The van der Waals surface area contributed by atoms with Gasteiger partial charge in [-0.2, -0.15) is 0 Å². The first kappa shape index (κ1) is 15.8. The van der Waals surface area contributed by atoms with Crippen molar-refractivity contribution in [3.8, 4) is 0 Å². The molecular weight excluding hydrogens is 340 g/mol. The Bertz CT molecular complexity index is 531.